The molecule has 0 saturated heterocycles. The zero-order chi connectivity index (χ0) is 22.5. The van der Waals surface area contributed by atoms with Gasteiger partial charge >= 0.3 is 5.97 Å². The van der Waals surface area contributed by atoms with Gasteiger partial charge in [0.25, 0.3) is 0 Å². The Kier molecular flexibility index (Phi) is 6.26. The number of rotatable bonds is 8. The van der Waals surface area contributed by atoms with Gasteiger partial charge < -0.3 is 9.30 Å². The molecule has 4 rings (SSSR count). The summed E-state index contributed by atoms with van der Waals surface area (Å²) >= 11 is 0. The number of benzene rings is 2. The van der Waals surface area contributed by atoms with Crippen LogP contribution in [0.2, 0.25) is 0 Å². The van der Waals surface area contributed by atoms with Gasteiger partial charge in [-0.3, -0.25) is 4.79 Å². The first-order chi connectivity index (χ1) is 15.5. The minimum atomic E-state index is -0.524. The Hall–Kier alpha value is -4.00. The summed E-state index contributed by atoms with van der Waals surface area (Å²) in [6, 6.07) is 19.0. The molecule has 4 aromatic rings. The maximum Gasteiger partial charge on any atom is 0.338 e. The Labute approximate surface area is 186 Å². The van der Waals surface area contributed by atoms with Gasteiger partial charge in [0.15, 0.2) is 6.61 Å². The fourth-order valence-corrected chi connectivity index (χ4v) is 3.63. The molecule has 0 saturated carbocycles. The highest BCUT2D eigenvalue weighted by atomic mass is 16.5. The molecule has 2 heterocycles. The highest BCUT2D eigenvalue weighted by Gasteiger charge is 2.18. The van der Waals surface area contributed by atoms with Crippen LogP contribution in [-0.4, -0.2) is 37.7 Å². The van der Waals surface area contributed by atoms with Crippen molar-refractivity contribution in [2.24, 2.45) is 0 Å². The van der Waals surface area contributed by atoms with E-state index in [9.17, 15) is 9.59 Å². The lowest BCUT2D eigenvalue weighted by Gasteiger charge is -2.10. The van der Waals surface area contributed by atoms with Gasteiger partial charge in [0.05, 0.1) is 12.1 Å². The number of nitrogens with zero attached hydrogens (tertiary/aromatic N) is 4. The monoisotopic (exact) mass is 428 g/mol. The Morgan fingerprint density at radius 1 is 0.938 bits per heavy atom. The van der Waals surface area contributed by atoms with Gasteiger partial charge in [-0.1, -0.05) is 42.5 Å². The SMILES string of the molecule is Cc1cc(C(=O)COC(=O)c2ccc(Cn3cncn3)cc2)c(C)n1Cc1ccccc1. The van der Waals surface area contributed by atoms with Crippen molar-refractivity contribution in [2.45, 2.75) is 26.9 Å². The predicted molar refractivity (Wildman–Crippen MR) is 120 cm³/mol. The van der Waals surface area contributed by atoms with Gasteiger partial charge in [0.2, 0.25) is 5.78 Å². The molecular weight excluding hydrogens is 404 g/mol. The van der Waals surface area contributed by atoms with Gasteiger partial charge in [-0.25, -0.2) is 14.5 Å². The fourth-order valence-electron chi connectivity index (χ4n) is 3.63. The Bertz CT molecular complexity index is 1210. The maximum atomic E-state index is 12.7. The molecule has 0 aliphatic heterocycles. The largest absolute Gasteiger partial charge is 0.454 e. The smallest absolute Gasteiger partial charge is 0.338 e. The van der Waals surface area contributed by atoms with E-state index in [1.165, 1.54) is 6.33 Å². The van der Waals surface area contributed by atoms with Gasteiger partial charge in [0, 0.05) is 23.5 Å². The van der Waals surface area contributed by atoms with Crippen molar-refractivity contribution in [3.05, 3.63) is 107 Å². The number of aromatic nitrogens is 4. The van der Waals surface area contributed by atoms with Crippen molar-refractivity contribution >= 4 is 11.8 Å². The average Bonchev–Trinajstić information content (AvgIpc) is 3.42. The van der Waals surface area contributed by atoms with E-state index in [2.05, 4.69) is 26.8 Å². The van der Waals surface area contributed by atoms with Crippen molar-refractivity contribution < 1.29 is 14.3 Å². The van der Waals surface area contributed by atoms with E-state index in [1.54, 1.807) is 23.1 Å². The molecule has 0 fully saturated rings. The number of ketones is 1. The zero-order valence-corrected chi connectivity index (χ0v) is 18.1. The lowest BCUT2D eigenvalue weighted by Crippen LogP contribution is -2.15. The molecule has 162 valence electrons. The molecule has 0 N–H and O–H groups in total. The van der Waals surface area contributed by atoms with E-state index in [-0.39, 0.29) is 12.4 Å². The molecule has 0 aliphatic carbocycles. The first kappa shape index (κ1) is 21.2. The minimum Gasteiger partial charge on any atom is -0.454 e. The van der Waals surface area contributed by atoms with E-state index in [0.29, 0.717) is 24.2 Å². The Morgan fingerprint density at radius 3 is 2.34 bits per heavy atom. The number of aryl methyl sites for hydroxylation is 1. The van der Waals surface area contributed by atoms with E-state index < -0.39 is 5.97 Å². The quantitative estimate of drug-likeness (QED) is 0.315. The summed E-state index contributed by atoms with van der Waals surface area (Å²) in [5.41, 5.74) is 4.97. The molecule has 32 heavy (non-hydrogen) atoms. The number of esters is 1. The van der Waals surface area contributed by atoms with Gasteiger partial charge in [0.1, 0.15) is 12.7 Å². The molecule has 0 bridgehead atoms. The standard InChI is InChI=1S/C25H24N4O3/c1-18-12-23(19(2)29(18)14-20-6-4-3-5-7-20)24(30)15-32-25(31)22-10-8-21(9-11-22)13-28-17-26-16-27-28/h3-12,16-17H,13-15H2,1-2H3. The second kappa shape index (κ2) is 9.43. The van der Waals surface area contributed by atoms with Crippen LogP contribution in [0, 0.1) is 13.8 Å². The summed E-state index contributed by atoms with van der Waals surface area (Å²) < 4.78 is 9.08. The van der Waals surface area contributed by atoms with Crippen LogP contribution in [-0.2, 0) is 17.8 Å². The number of carbonyl (C=O) groups excluding carboxylic acids is 2. The summed E-state index contributed by atoms with van der Waals surface area (Å²) in [6.07, 6.45) is 3.10. The number of carbonyl (C=O) groups is 2. The van der Waals surface area contributed by atoms with Crippen LogP contribution in [0.1, 0.15) is 43.2 Å². The van der Waals surface area contributed by atoms with E-state index in [1.807, 2.05) is 50.2 Å². The summed E-state index contributed by atoms with van der Waals surface area (Å²) in [5.74, 6) is -0.739. The van der Waals surface area contributed by atoms with E-state index in [0.717, 1.165) is 22.5 Å². The van der Waals surface area contributed by atoms with Gasteiger partial charge in [-0.05, 0) is 43.2 Å². The molecule has 0 amide bonds. The van der Waals surface area contributed by atoms with Crippen LogP contribution in [0.3, 0.4) is 0 Å². The molecular formula is C25H24N4O3. The molecule has 7 nitrogen and oxygen atoms in total. The van der Waals surface area contributed by atoms with Crippen molar-refractivity contribution in [3.8, 4) is 0 Å². The maximum absolute atomic E-state index is 12.7. The molecule has 7 heteroatoms. The van der Waals surface area contributed by atoms with Gasteiger partial charge in [-0.15, -0.1) is 0 Å². The highest BCUT2D eigenvalue weighted by molar-refractivity contribution is 6.00. The first-order valence-electron chi connectivity index (χ1n) is 10.3. The normalized spacial score (nSPS) is 10.8. The summed E-state index contributed by atoms with van der Waals surface area (Å²) in [6.45, 7) is 4.84. The van der Waals surface area contributed by atoms with Crippen molar-refractivity contribution in [1.82, 2.24) is 19.3 Å². The highest BCUT2D eigenvalue weighted by Crippen LogP contribution is 2.18. The number of hydrogen-bond acceptors (Lipinski definition) is 5. The summed E-state index contributed by atoms with van der Waals surface area (Å²) in [5, 5.41) is 4.06. The zero-order valence-electron chi connectivity index (χ0n) is 18.1. The lowest BCUT2D eigenvalue weighted by atomic mass is 10.1. The van der Waals surface area contributed by atoms with Crippen LogP contribution in [0.25, 0.3) is 0 Å². The lowest BCUT2D eigenvalue weighted by molar-refractivity contribution is 0.0474. The van der Waals surface area contributed by atoms with Crippen LogP contribution in [0.15, 0.2) is 73.3 Å². The molecule has 0 spiro atoms. The van der Waals surface area contributed by atoms with Crippen LogP contribution >= 0.6 is 0 Å². The summed E-state index contributed by atoms with van der Waals surface area (Å²) in [4.78, 5) is 29.1. The number of Topliss-reactive ketones (excluding diaryl/α,β-unsaturated/α-hetero) is 1. The van der Waals surface area contributed by atoms with E-state index in [4.69, 9.17) is 4.74 Å². The average molecular weight is 428 g/mol. The van der Waals surface area contributed by atoms with Crippen LogP contribution in [0.5, 0.6) is 0 Å². The van der Waals surface area contributed by atoms with Crippen LogP contribution < -0.4 is 0 Å². The van der Waals surface area contributed by atoms with Crippen molar-refractivity contribution in [2.75, 3.05) is 6.61 Å². The Balaban J connectivity index is 1.37. The minimum absolute atomic E-state index is 0.214. The Morgan fingerprint density at radius 2 is 1.66 bits per heavy atom. The summed E-state index contributed by atoms with van der Waals surface area (Å²) in [7, 11) is 0. The third-order valence-corrected chi connectivity index (χ3v) is 5.39. The topological polar surface area (TPSA) is 79.0 Å². The number of ether oxygens (including phenoxy) is 1. The molecule has 0 radical (unpaired) electrons. The fraction of sp³-hybridized carbons (Fsp3) is 0.200. The molecule has 2 aromatic carbocycles. The van der Waals surface area contributed by atoms with E-state index >= 15 is 0 Å². The van der Waals surface area contributed by atoms with Crippen molar-refractivity contribution in [1.29, 1.82) is 0 Å². The van der Waals surface area contributed by atoms with Gasteiger partial charge in [-0.2, -0.15) is 5.10 Å². The third kappa shape index (κ3) is 4.83. The molecule has 0 aliphatic rings. The molecule has 2 aromatic heterocycles. The third-order valence-electron chi connectivity index (χ3n) is 5.39. The molecule has 0 unspecified atom stereocenters. The number of hydrogen-bond donors (Lipinski definition) is 0. The van der Waals surface area contributed by atoms with Crippen molar-refractivity contribution in [3.63, 3.8) is 0 Å². The molecule has 0 atom stereocenters. The van der Waals surface area contributed by atoms with Crippen LogP contribution in [0.4, 0.5) is 0 Å². The second-order valence-corrected chi connectivity index (χ2v) is 7.65. The predicted octanol–water partition coefficient (Wildman–Crippen LogP) is 3.83. The first-order valence-corrected chi connectivity index (χ1v) is 10.3. The second-order valence-electron chi connectivity index (χ2n) is 7.65.